The number of nitrogens with zero attached hydrogens (tertiary/aromatic N) is 1. The number of methoxy groups -OCH3 is 1. The normalized spacial score (nSPS) is 10.8. The van der Waals surface area contributed by atoms with Gasteiger partial charge in [-0.05, 0) is 60.0 Å². The Kier molecular flexibility index (Phi) is 8.98. The Balaban J connectivity index is 1.53. The maximum absolute atomic E-state index is 12.0. The summed E-state index contributed by atoms with van der Waals surface area (Å²) in [7, 11) is 1.54. The second-order valence-corrected chi connectivity index (χ2v) is 7.79. The van der Waals surface area contributed by atoms with E-state index in [1.807, 2.05) is 24.3 Å². The van der Waals surface area contributed by atoms with Crippen molar-refractivity contribution in [2.24, 2.45) is 5.10 Å². The summed E-state index contributed by atoms with van der Waals surface area (Å²) in [4.78, 5) is 12.0. The zero-order chi connectivity index (χ0) is 23.6. The molecule has 0 radical (unpaired) electrons. The van der Waals surface area contributed by atoms with Gasteiger partial charge in [-0.2, -0.15) is 5.10 Å². The van der Waals surface area contributed by atoms with Crippen molar-refractivity contribution in [3.8, 4) is 17.2 Å². The third kappa shape index (κ3) is 7.14. The minimum absolute atomic E-state index is 0.135. The summed E-state index contributed by atoms with van der Waals surface area (Å²) in [5, 5.41) is 5.03. The van der Waals surface area contributed by atoms with Gasteiger partial charge in [0, 0.05) is 15.6 Å². The largest absolute Gasteiger partial charge is 0.493 e. The van der Waals surface area contributed by atoms with Gasteiger partial charge in [0.15, 0.2) is 18.1 Å². The zero-order valence-corrected chi connectivity index (χ0v) is 19.8. The lowest BCUT2D eigenvalue weighted by Gasteiger charge is -2.13. The highest BCUT2D eigenvalue weighted by Gasteiger charge is 2.10. The minimum atomic E-state index is -0.366. The van der Waals surface area contributed by atoms with E-state index in [4.69, 9.17) is 37.4 Å². The highest BCUT2D eigenvalue weighted by atomic mass is 35.5. The Morgan fingerprint density at radius 1 is 1.00 bits per heavy atom. The van der Waals surface area contributed by atoms with Gasteiger partial charge in [-0.1, -0.05) is 48.3 Å². The monoisotopic (exact) mass is 486 g/mol. The topological polar surface area (TPSA) is 69.2 Å². The highest BCUT2D eigenvalue weighted by Crippen LogP contribution is 2.31. The average molecular weight is 487 g/mol. The van der Waals surface area contributed by atoms with Crippen LogP contribution in [0, 0.1) is 0 Å². The first-order chi connectivity index (χ1) is 16.0. The molecule has 1 N–H and O–H groups in total. The van der Waals surface area contributed by atoms with Crippen LogP contribution in [-0.4, -0.2) is 25.8 Å². The Morgan fingerprint density at radius 3 is 2.39 bits per heavy atom. The van der Waals surface area contributed by atoms with Crippen LogP contribution in [0.25, 0.3) is 0 Å². The molecule has 0 atom stereocenters. The SMILES string of the molecule is CCc1ccc(OCC(=O)N/N=C/c2ccc(OCc3c(Cl)cccc3Cl)c(OC)c2)cc1. The number of nitrogens with one attached hydrogen (secondary N) is 1. The lowest BCUT2D eigenvalue weighted by Crippen LogP contribution is -2.24. The molecule has 0 unspecified atom stereocenters. The number of hydrogen-bond acceptors (Lipinski definition) is 5. The number of halogens is 2. The van der Waals surface area contributed by atoms with Crippen LogP contribution in [-0.2, 0) is 17.8 Å². The summed E-state index contributed by atoms with van der Waals surface area (Å²) in [5.74, 6) is 1.29. The average Bonchev–Trinajstić information content (AvgIpc) is 2.83. The maximum Gasteiger partial charge on any atom is 0.277 e. The maximum atomic E-state index is 12.0. The van der Waals surface area contributed by atoms with Crippen molar-refractivity contribution in [2.45, 2.75) is 20.0 Å². The molecule has 0 spiro atoms. The molecule has 0 saturated heterocycles. The van der Waals surface area contributed by atoms with E-state index in [2.05, 4.69) is 17.5 Å². The fourth-order valence-corrected chi connectivity index (χ4v) is 3.39. The van der Waals surface area contributed by atoms with Gasteiger partial charge in [-0.25, -0.2) is 5.43 Å². The highest BCUT2D eigenvalue weighted by molar-refractivity contribution is 6.35. The van der Waals surface area contributed by atoms with Crippen LogP contribution < -0.4 is 19.6 Å². The van der Waals surface area contributed by atoms with E-state index in [0.29, 0.717) is 38.4 Å². The summed E-state index contributed by atoms with van der Waals surface area (Å²) >= 11 is 12.4. The van der Waals surface area contributed by atoms with E-state index in [1.165, 1.54) is 18.9 Å². The Hall–Kier alpha value is -3.22. The number of hydrogen-bond donors (Lipinski definition) is 1. The van der Waals surface area contributed by atoms with Gasteiger partial charge in [-0.15, -0.1) is 0 Å². The number of amides is 1. The zero-order valence-electron chi connectivity index (χ0n) is 18.3. The Labute approximate surface area is 203 Å². The van der Waals surface area contributed by atoms with E-state index in [-0.39, 0.29) is 19.1 Å². The van der Waals surface area contributed by atoms with Gasteiger partial charge in [0.25, 0.3) is 5.91 Å². The second kappa shape index (κ2) is 12.1. The summed E-state index contributed by atoms with van der Waals surface area (Å²) in [6.45, 7) is 2.14. The van der Waals surface area contributed by atoms with Gasteiger partial charge >= 0.3 is 0 Å². The lowest BCUT2D eigenvalue weighted by atomic mass is 10.2. The number of aryl methyl sites for hydroxylation is 1. The van der Waals surface area contributed by atoms with Gasteiger partial charge < -0.3 is 14.2 Å². The molecule has 3 aromatic rings. The third-order valence-corrected chi connectivity index (χ3v) is 5.43. The van der Waals surface area contributed by atoms with Gasteiger partial charge in [-0.3, -0.25) is 4.79 Å². The number of carbonyl (C=O) groups excluding carboxylic acids is 1. The van der Waals surface area contributed by atoms with Crippen LogP contribution in [0.1, 0.15) is 23.6 Å². The first-order valence-electron chi connectivity index (χ1n) is 10.3. The lowest BCUT2D eigenvalue weighted by molar-refractivity contribution is -0.123. The molecular formula is C25H24Cl2N2O4. The van der Waals surface area contributed by atoms with Crippen LogP contribution >= 0.6 is 23.2 Å². The number of carbonyl (C=O) groups is 1. The molecule has 6 nitrogen and oxygen atoms in total. The molecule has 0 aliphatic carbocycles. The quantitative estimate of drug-likeness (QED) is 0.296. The van der Waals surface area contributed by atoms with Crippen molar-refractivity contribution in [3.05, 3.63) is 87.4 Å². The molecular weight excluding hydrogens is 463 g/mol. The number of rotatable bonds is 10. The molecule has 33 heavy (non-hydrogen) atoms. The molecule has 0 heterocycles. The van der Waals surface area contributed by atoms with Crippen LogP contribution in [0.15, 0.2) is 65.8 Å². The standard InChI is InChI=1S/C25H24Cl2N2O4/c1-3-17-7-10-19(11-8-17)32-16-25(30)29-28-14-18-9-12-23(24(13-18)31-2)33-15-20-21(26)5-4-6-22(20)27/h4-14H,3,15-16H2,1-2H3,(H,29,30)/b28-14+. The Morgan fingerprint density at radius 2 is 1.73 bits per heavy atom. The molecule has 0 bridgehead atoms. The van der Waals surface area contributed by atoms with Crippen molar-refractivity contribution in [3.63, 3.8) is 0 Å². The van der Waals surface area contributed by atoms with Crippen LogP contribution in [0.2, 0.25) is 10.0 Å². The first-order valence-corrected chi connectivity index (χ1v) is 11.0. The molecule has 0 fully saturated rings. The predicted octanol–water partition coefficient (Wildman–Crippen LogP) is 5.67. The van der Waals surface area contributed by atoms with E-state index in [1.54, 1.807) is 36.4 Å². The van der Waals surface area contributed by atoms with Gasteiger partial charge in [0.05, 0.1) is 13.3 Å². The van der Waals surface area contributed by atoms with E-state index in [0.717, 1.165) is 6.42 Å². The van der Waals surface area contributed by atoms with Crippen molar-refractivity contribution >= 4 is 35.3 Å². The van der Waals surface area contributed by atoms with Gasteiger partial charge in [0.2, 0.25) is 0 Å². The summed E-state index contributed by atoms with van der Waals surface area (Å²) in [5.41, 5.74) is 5.05. The molecule has 172 valence electrons. The predicted molar refractivity (Wildman–Crippen MR) is 131 cm³/mol. The molecule has 0 saturated carbocycles. The third-order valence-electron chi connectivity index (χ3n) is 4.73. The summed E-state index contributed by atoms with van der Waals surface area (Å²) in [6, 6.07) is 18.2. The molecule has 3 rings (SSSR count). The van der Waals surface area contributed by atoms with Crippen LogP contribution in [0.4, 0.5) is 0 Å². The van der Waals surface area contributed by atoms with Crippen LogP contribution in [0.3, 0.4) is 0 Å². The fraction of sp³-hybridized carbons (Fsp3) is 0.200. The number of hydrazone groups is 1. The van der Waals surface area contributed by atoms with E-state index >= 15 is 0 Å². The van der Waals surface area contributed by atoms with E-state index in [9.17, 15) is 4.79 Å². The van der Waals surface area contributed by atoms with Crippen LogP contribution in [0.5, 0.6) is 17.2 Å². The van der Waals surface area contributed by atoms with Gasteiger partial charge in [0.1, 0.15) is 12.4 Å². The Bertz CT molecular complexity index is 1100. The molecule has 0 aliphatic heterocycles. The molecule has 0 aromatic heterocycles. The smallest absolute Gasteiger partial charge is 0.277 e. The van der Waals surface area contributed by atoms with Crippen molar-refractivity contribution in [2.75, 3.05) is 13.7 Å². The molecule has 3 aromatic carbocycles. The minimum Gasteiger partial charge on any atom is -0.493 e. The summed E-state index contributed by atoms with van der Waals surface area (Å²) < 4.78 is 16.7. The number of ether oxygens (including phenoxy) is 3. The molecule has 1 amide bonds. The second-order valence-electron chi connectivity index (χ2n) is 6.98. The number of benzene rings is 3. The fourth-order valence-electron chi connectivity index (χ4n) is 2.89. The van der Waals surface area contributed by atoms with Crippen molar-refractivity contribution < 1.29 is 19.0 Å². The van der Waals surface area contributed by atoms with Crippen molar-refractivity contribution in [1.82, 2.24) is 5.43 Å². The van der Waals surface area contributed by atoms with E-state index < -0.39 is 0 Å². The van der Waals surface area contributed by atoms with Crippen molar-refractivity contribution in [1.29, 1.82) is 0 Å². The molecule has 8 heteroatoms. The summed E-state index contributed by atoms with van der Waals surface area (Å²) in [6.07, 6.45) is 2.45. The first kappa shape index (κ1) is 24.4. The molecule has 0 aliphatic rings.